The number of aromatic nitrogens is 1. The second-order valence-corrected chi connectivity index (χ2v) is 7.96. The molecule has 152 valence electrons. The highest BCUT2D eigenvalue weighted by atomic mass is 32.1. The Kier molecular flexibility index (Phi) is 5.37. The zero-order valence-electron chi connectivity index (χ0n) is 16.5. The van der Waals surface area contributed by atoms with E-state index in [0.717, 1.165) is 16.0 Å². The first-order valence-electron chi connectivity index (χ1n) is 9.37. The summed E-state index contributed by atoms with van der Waals surface area (Å²) in [6.45, 7) is 2.04. The van der Waals surface area contributed by atoms with Gasteiger partial charge in [-0.3, -0.25) is 14.6 Å². The standard InChI is InChI=1S/C23H20N2O4S/c1-14-11-16(29-2)7-8-17(14)21(26)19-20(18-6-4-10-30-18)25(23(28)22(19)27)13-15-5-3-9-24-12-15/h3-12,20,26H,13H2,1-2H3/b21-19-. The Balaban J connectivity index is 1.84. The van der Waals surface area contributed by atoms with Gasteiger partial charge in [0.15, 0.2) is 0 Å². The minimum Gasteiger partial charge on any atom is -0.507 e. The van der Waals surface area contributed by atoms with Crippen LogP contribution in [-0.2, 0) is 16.1 Å². The van der Waals surface area contributed by atoms with Crippen LogP contribution in [0.4, 0.5) is 0 Å². The number of pyridine rings is 1. The summed E-state index contributed by atoms with van der Waals surface area (Å²) in [4.78, 5) is 32.4. The number of rotatable bonds is 5. The van der Waals surface area contributed by atoms with Crippen LogP contribution < -0.4 is 4.74 Å². The number of nitrogens with zero attached hydrogens (tertiary/aromatic N) is 2. The number of amides is 1. The van der Waals surface area contributed by atoms with Crippen molar-refractivity contribution < 1.29 is 19.4 Å². The lowest BCUT2D eigenvalue weighted by atomic mass is 9.97. The van der Waals surface area contributed by atoms with Gasteiger partial charge in [0.05, 0.1) is 18.7 Å². The molecule has 0 spiro atoms. The van der Waals surface area contributed by atoms with E-state index in [4.69, 9.17) is 4.74 Å². The van der Waals surface area contributed by atoms with E-state index in [1.165, 1.54) is 16.2 Å². The molecule has 1 aromatic carbocycles. The average molecular weight is 420 g/mol. The van der Waals surface area contributed by atoms with E-state index in [1.54, 1.807) is 43.8 Å². The molecule has 3 heterocycles. The number of methoxy groups -OCH3 is 1. The fraction of sp³-hybridized carbons (Fsp3) is 0.174. The Morgan fingerprint density at radius 2 is 2.07 bits per heavy atom. The topological polar surface area (TPSA) is 79.7 Å². The number of aryl methyl sites for hydroxylation is 1. The molecule has 7 heteroatoms. The lowest BCUT2D eigenvalue weighted by molar-refractivity contribution is -0.140. The van der Waals surface area contributed by atoms with Gasteiger partial charge in [-0.15, -0.1) is 11.3 Å². The molecule has 1 unspecified atom stereocenters. The lowest BCUT2D eigenvalue weighted by Crippen LogP contribution is -2.28. The zero-order valence-corrected chi connectivity index (χ0v) is 17.3. The second-order valence-electron chi connectivity index (χ2n) is 6.98. The monoisotopic (exact) mass is 420 g/mol. The molecule has 0 bridgehead atoms. The highest BCUT2D eigenvalue weighted by Gasteiger charge is 2.46. The van der Waals surface area contributed by atoms with Gasteiger partial charge in [-0.2, -0.15) is 0 Å². The molecular formula is C23H20N2O4S. The first kappa shape index (κ1) is 19.8. The van der Waals surface area contributed by atoms with Crippen LogP contribution in [0.25, 0.3) is 5.76 Å². The SMILES string of the molecule is COc1ccc(/C(O)=C2/C(=O)C(=O)N(Cc3cccnc3)C2c2cccs2)c(C)c1. The third-order valence-electron chi connectivity index (χ3n) is 5.12. The Hall–Kier alpha value is -3.45. The number of likely N-dealkylation sites (tertiary alicyclic amines) is 1. The van der Waals surface area contributed by atoms with Crippen LogP contribution in [0.1, 0.15) is 27.6 Å². The van der Waals surface area contributed by atoms with Gasteiger partial charge in [-0.25, -0.2) is 0 Å². The molecule has 0 radical (unpaired) electrons. The first-order valence-corrected chi connectivity index (χ1v) is 10.2. The maximum Gasteiger partial charge on any atom is 0.295 e. The van der Waals surface area contributed by atoms with Gasteiger partial charge in [-0.1, -0.05) is 12.1 Å². The molecule has 1 amide bonds. The van der Waals surface area contributed by atoms with Crippen molar-refractivity contribution in [2.45, 2.75) is 19.5 Å². The van der Waals surface area contributed by atoms with E-state index in [0.29, 0.717) is 11.3 Å². The maximum absolute atomic E-state index is 13.0. The fourth-order valence-electron chi connectivity index (χ4n) is 3.65. The number of ketones is 1. The maximum atomic E-state index is 13.0. The Bertz CT molecular complexity index is 1120. The summed E-state index contributed by atoms with van der Waals surface area (Å²) < 4.78 is 5.23. The highest BCUT2D eigenvalue weighted by Crippen LogP contribution is 2.42. The van der Waals surface area contributed by atoms with Crippen molar-refractivity contribution in [3.8, 4) is 5.75 Å². The lowest BCUT2D eigenvalue weighted by Gasteiger charge is -2.24. The molecule has 4 rings (SSSR count). The Labute approximate surface area is 178 Å². The summed E-state index contributed by atoms with van der Waals surface area (Å²) in [5, 5.41) is 13.0. The van der Waals surface area contributed by atoms with Crippen molar-refractivity contribution in [3.05, 3.63) is 87.4 Å². The van der Waals surface area contributed by atoms with Crippen LogP contribution in [0.2, 0.25) is 0 Å². The van der Waals surface area contributed by atoms with E-state index in [2.05, 4.69) is 4.98 Å². The summed E-state index contributed by atoms with van der Waals surface area (Å²) in [7, 11) is 1.56. The summed E-state index contributed by atoms with van der Waals surface area (Å²) in [6, 6.07) is 11.9. The van der Waals surface area contributed by atoms with Gasteiger partial charge in [0, 0.05) is 29.4 Å². The molecular weight excluding hydrogens is 400 g/mol. The van der Waals surface area contributed by atoms with Crippen molar-refractivity contribution in [2.24, 2.45) is 0 Å². The number of Topliss-reactive ketones (excluding diaryl/α,β-unsaturated/α-hetero) is 1. The van der Waals surface area contributed by atoms with Crippen molar-refractivity contribution in [3.63, 3.8) is 0 Å². The molecule has 1 fully saturated rings. The summed E-state index contributed by atoms with van der Waals surface area (Å²) in [6.07, 6.45) is 3.32. The molecule has 1 saturated heterocycles. The Morgan fingerprint density at radius 3 is 2.70 bits per heavy atom. The number of carbonyl (C=O) groups excluding carboxylic acids is 2. The van der Waals surface area contributed by atoms with Crippen molar-refractivity contribution in [1.29, 1.82) is 0 Å². The third-order valence-corrected chi connectivity index (χ3v) is 6.04. The van der Waals surface area contributed by atoms with Crippen LogP contribution in [0, 0.1) is 6.92 Å². The zero-order chi connectivity index (χ0) is 21.3. The molecule has 2 aromatic heterocycles. The minimum absolute atomic E-state index is 0.0969. The van der Waals surface area contributed by atoms with Gasteiger partial charge in [-0.05, 0) is 53.8 Å². The third kappa shape index (κ3) is 3.48. The molecule has 0 aliphatic carbocycles. The van der Waals surface area contributed by atoms with Crippen molar-refractivity contribution in [1.82, 2.24) is 9.88 Å². The molecule has 1 atom stereocenters. The molecule has 6 nitrogen and oxygen atoms in total. The van der Waals surface area contributed by atoms with Gasteiger partial charge < -0.3 is 14.7 Å². The van der Waals surface area contributed by atoms with Crippen LogP contribution in [0.15, 0.2) is 65.8 Å². The predicted octanol–water partition coefficient (Wildman–Crippen LogP) is 4.08. The fourth-order valence-corrected chi connectivity index (χ4v) is 4.49. The van der Waals surface area contributed by atoms with Gasteiger partial charge in [0.1, 0.15) is 11.5 Å². The Morgan fingerprint density at radius 1 is 1.23 bits per heavy atom. The number of benzene rings is 1. The molecule has 1 N–H and O–H groups in total. The smallest absolute Gasteiger partial charge is 0.295 e. The summed E-state index contributed by atoms with van der Waals surface area (Å²) in [5.41, 5.74) is 2.15. The number of ether oxygens (including phenoxy) is 1. The summed E-state index contributed by atoms with van der Waals surface area (Å²) in [5.74, 6) is -0.855. The number of hydrogen-bond donors (Lipinski definition) is 1. The average Bonchev–Trinajstić information content (AvgIpc) is 3.37. The molecule has 3 aromatic rings. The van der Waals surface area contributed by atoms with E-state index in [-0.39, 0.29) is 17.9 Å². The van der Waals surface area contributed by atoms with E-state index in [9.17, 15) is 14.7 Å². The molecule has 30 heavy (non-hydrogen) atoms. The molecule has 0 saturated carbocycles. The first-order chi connectivity index (χ1) is 14.5. The number of aliphatic hydroxyl groups excluding tert-OH is 1. The highest BCUT2D eigenvalue weighted by molar-refractivity contribution is 7.10. The number of carbonyl (C=O) groups is 2. The largest absolute Gasteiger partial charge is 0.507 e. The van der Waals surface area contributed by atoms with Crippen LogP contribution in [0.5, 0.6) is 5.75 Å². The number of thiophene rings is 1. The van der Waals surface area contributed by atoms with Gasteiger partial charge >= 0.3 is 0 Å². The summed E-state index contributed by atoms with van der Waals surface area (Å²) >= 11 is 1.44. The quantitative estimate of drug-likeness (QED) is 0.382. The number of hydrogen-bond acceptors (Lipinski definition) is 6. The van der Waals surface area contributed by atoms with E-state index < -0.39 is 17.7 Å². The van der Waals surface area contributed by atoms with Gasteiger partial charge in [0.2, 0.25) is 0 Å². The van der Waals surface area contributed by atoms with Crippen molar-refractivity contribution in [2.75, 3.05) is 7.11 Å². The predicted molar refractivity (Wildman–Crippen MR) is 114 cm³/mol. The van der Waals surface area contributed by atoms with Crippen molar-refractivity contribution >= 4 is 28.8 Å². The minimum atomic E-state index is -0.690. The second kappa shape index (κ2) is 8.12. The molecule has 1 aliphatic rings. The van der Waals surface area contributed by atoms with Gasteiger partial charge in [0.25, 0.3) is 11.7 Å². The van der Waals surface area contributed by atoms with Crippen LogP contribution in [0.3, 0.4) is 0 Å². The van der Waals surface area contributed by atoms with Crippen LogP contribution in [-0.4, -0.2) is 33.8 Å². The normalized spacial score (nSPS) is 18.1. The molecule has 1 aliphatic heterocycles. The van der Waals surface area contributed by atoms with E-state index >= 15 is 0 Å². The van der Waals surface area contributed by atoms with E-state index in [1.807, 2.05) is 30.5 Å². The number of aliphatic hydroxyl groups is 1. The van der Waals surface area contributed by atoms with Crippen LogP contribution >= 0.6 is 11.3 Å².